The second-order valence-corrected chi connectivity index (χ2v) is 16.9. The summed E-state index contributed by atoms with van der Waals surface area (Å²) in [5, 5.41) is 8.60. The number of nitrogens with one attached hydrogen (secondary N) is 4. The summed E-state index contributed by atoms with van der Waals surface area (Å²) in [4.78, 5) is 98.5. The van der Waals surface area contributed by atoms with Gasteiger partial charge in [0.2, 0.25) is 11.8 Å². The van der Waals surface area contributed by atoms with Crippen LogP contribution in [0.15, 0.2) is 53.6 Å². The van der Waals surface area contributed by atoms with Gasteiger partial charge in [0.15, 0.2) is 5.69 Å². The molecule has 318 valence electrons. The lowest BCUT2D eigenvalue weighted by Gasteiger charge is -2.44. The third-order valence-corrected chi connectivity index (χ3v) is 12.9. The van der Waals surface area contributed by atoms with Crippen LogP contribution in [-0.4, -0.2) is 137 Å². The Balaban J connectivity index is 0.756. The van der Waals surface area contributed by atoms with E-state index in [0.29, 0.717) is 23.6 Å². The van der Waals surface area contributed by atoms with Crippen molar-refractivity contribution in [3.05, 3.63) is 87.1 Å². The molecule has 17 nitrogen and oxygen atoms in total. The fourth-order valence-corrected chi connectivity index (χ4v) is 9.40. The highest BCUT2D eigenvalue weighted by atomic mass is 16.2. The maximum absolute atomic E-state index is 13.4. The summed E-state index contributed by atoms with van der Waals surface area (Å²) in [6.07, 6.45) is 6.54. The lowest BCUT2D eigenvalue weighted by molar-refractivity contribution is -0.136. The van der Waals surface area contributed by atoms with E-state index in [2.05, 4.69) is 56.6 Å². The van der Waals surface area contributed by atoms with Crippen molar-refractivity contribution in [2.75, 3.05) is 81.1 Å². The number of piperidine rings is 2. The Morgan fingerprint density at radius 2 is 1.57 bits per heavy atom. The second-order valence-electron chi connectivity index (χ2n) is 16.9. The largest absolute Gasteiger partial charge is 0.378 e. The van der Waals surface area contributed by atoms with E-state index < -0.39 is 29.7 Å². The summed E-state index contributed by atoms with van der Waals surface area (Å²) in [5.41, 5.74) is 6.84. The molecule has 0 radical (unpaired) electrons. The number of piperazine rings is 1. The number of likely N-dealkylation sites (tertiary alicyclic amines) is 1. The Hall–Kier alpha value is -6.20. The summed E-state index contributed by atoms with van der Waals surface area (Å²) >= 11 is 0. The van der Waals surface area contributed by atoms with E-state index in [9.17, 15) is 28.8 Å². The van der Waals surface area contributed by atoms with E-state index in [1.807, 2.05) is 31.3 Å². The van der Waals surface area contributed by atoms with Crippen LogP contribution in [0, 0.1) is 5.92 Å². The number of nitrogens with zero attached hydrogens (tertiary/aromatic N) is 7. The lowest BCUT2D eigenvalue weighted by atomic mass is 9.93. The van der Waals surface area contributed by atoms with Crippen molar-refractivity contribution in [1.29, 1.82) is 0 Å². The van der Waals surface area contributed by atoms with Crippen molar-refractivity contribution in [2.45, 2.75) is 57.7 Å². The van der Waals surface area contributed by atoms with Gasteiger partial charge in [0.05, 0.1) is 45.8 Å². The van der Waals surface area contributed by atoms with Crippen molar-refractivity contribution in [1.82, 2.24) is 40.3 Å². The zero-order valence-electron chi connectivity index (χ0n) is 34.5. The smallest absolute Gasteiger partial charge is 0.271 e. The number of fused-ring (bicyclic) bond motifs is 2. The van der Waals surface area contributed by atoms with Crippen molar-refractivity contribution in [2.24, 2.45) is 5.92 Å². The van der Waals surface area contributed by atoms with Gasteiger partial charge < -0.3 is 25.4 Å². The molecule has 8 heterocycles. The number of hydrogen-bond acceptors (Lipinski definition) is 13. The van der Waals surface area contributed by atoms with E-state index in [1.165, 1.54) is 0 Å². The molecule has 0 saturated carbocycles. The highest BCUT2D eigenvalue weighted by Gasteiger charge is 2.45. The number of carbonyl (C=O) groups is 5. The molecule has 5 aliphatic rings. The van der Waals surface area contributed by atoms with Gasteiger partial charge in [-0.3, -0.25) is 53.8 Å². The Labute approximate surface area is 352 Å². The normalized spacial score (nSPS) is 20.6. The zero-order valence-corrected chi connectivity index (χ0v) is 34.5. The molecule has 4 aromatic rings. The topological polar surface area (TPSA) is 196 Å². The molecular formula is C44H51N11O6. The number of anilines is 3. The fraction of sp³-hybridized carbons (Fsp3) is 0.455. The number of carbonyl (C=O) groups excluding carboxylic acids is 5. The highest BCUT2D eigenvalue weighted by molar-refractivity contribution is 6.23. The lowest BCUT2D eigenvalue weighted by Crippen LogP contribution is -2.56. The molecule has 4 saturated heterocycles. The number of hydrogen-bond donors (Lipinski definition) is 4. The van der Waals surface area contributed by atoms with Crippen LogP contribution < -0.4 is 31.3 Å². The molecule has 9 rings (SSSR count). The van der Waals surface area contributed by atoms with Gasteiger partial charge in [-0.05, 0) is 73.6 Å². The fourth-order valence-electron chi connectivity index (χ4n) is 9.40. The van der Waals surface area contributed by atoms with Crippen LogP contribution in [0.3, 0.4) is 0 Å². The molecule has 5 aliphatic heterocycles. The van der Waals surface area contributed by atoms with E-state index in [1.54, 1.807) is 25.4 Å². The van der Waals surface area contributed by atoms with Crippen LogP contribution in [0.2, 0.25) is 0 Å². The molecule has 1 atom stereocenters. The van der Waals surface area contributed by atoms with Crippen LogP contribution in [0.4, 0.5) is 17.1 Å². The first-order valence-corrected chi connectivity index (χ1v) is 21.3. The SMILES string of the molecule is CCc1cc2ncc(CN3CCN(c4cnc(C(=O)NC)c(NC5CN(CC6CCN(c7ccc8c(c7)C(=O)N(C7CCC(=O)NC7=O)C8=O)CC6)C5)c4)CC3)cc2[nH]c1=O. The Bertz CT molecular complexity index is 2470. The monoisotopic (exact) mass is 829 g/mol. The number of amides is 5. The molecule has 17 heteroatoms. The van der Waals surface area contributed by atoms with Crippen molar-refractivity contribution < 1.29 is 24.0 Å². The maximum Gasteiger partial charge on any atom is 0.271 e. The summed E-state index contributed by atoms with van der Waals surface area (Å²) in [7, 11) is 1.62. The molecule has 3 aromatic heterocycles. The van der Waals surface area contributed by atoms with E-state index in [-0.39, 0.29) is 35.9 Å². The van der Waals surface area contributed by atoms with Crippen LogP contribution in [0.5, 0.6) is 0 Å². The predicted octanol–water partition coefficient (Wildman–Crippen LogP) is 1.98. The maximum atomic E-state index is 13.4. The van der Waals surface area contributed by atoms with Gasteiger partial charge in [-0.1, -0.05) is 6.92 Å². The first-order valence-electron chi connectivity index (χ1n) is 21.3. The molecule has 0 spiro atoms. The quantitative estimate of drug-likeness (QED) is 0.161. The molecule has 1 aromatic carbocycles. The number of benzene rings is 1. The van der Waals surface area contributed by atoms with Gasteiger partial charge in [0, 0.05) is 96.4 Å². The first-order chi connectivity index (χ1) is 29.5. The van der Waals surface area contributed by atoms with Crippen molar-refractivity contribution >= 4 is 57.6 Å². The Morgan fingerprint density at radius 1 is 0.820 bits per heavy atom. The molecule has 0 aliphatic carbocycles. The summed E-state index contributed by atoms with van der Waals surface area (Å²) < 4.78 is 0. The third-order valence-electron chi connectivity index (χ3n) is 12.9. The van der Waals surface area contributed by atoms with Crippen molar-refractivity contribution in [3.8, 4) is 0 Å². The van der Waals surface area contributed by atoms with Crippen LogP contribution in [0.25, 0.3) is 11.0 Å². The first kappa shape index (κ1) is 40.2. The van der Waals surface area contributed by atoms with Gasteiger partial charge in [0.25, 0.3) is 23.3 Å². The molecular weight excluding hydrogens is 779 g/mol. The Morgan fingerprint density at radius 3 is 2.31 bits per heavy atom. The van der Waals surface area contributed by atoms with Crippen LogP contribution in [0.1, 0.15) is 74.9 Å². The number of rotatable bonds is 11. The Kier molecular flexibility index (Phi) is 11.0. The van der Waals surface area contributed by atoms with E-state index in [4.69, 9.17) is 0 Å². The van der Waals surface area contributed by atoms with E-state index >= 15 is 0 Å². The number of aromatic amines is 1. The molecule has 4 fully saturated rings. The molecule has 4 N–H and O–H groups in total. The highest BCUT2D eigenvalue weighted by Crippen LogP contribution is 2.33. The van der Waals surface area contributed by atoms with Crippen LogP contribution >= 0.6 is 0 Å². The van der Waals surface area contributed by atoms with Gasteiger partial charge >= 0.3 is 0 Å². The predicted molar refractivity (Wildman–Crippen MR) is 229 cm³/mol. The van der Waals surface area contributed by atoms with E-state index in [0.717, 1.165) is 122 Å². The number of pyridine rings is 3. The zero-order chi connectivity index (χ0) is 42.4. The number of aryl methyl sites for hydroxylation is 1. The molecule has 61 heavy (non-hydrogen) atoms. The van der Waals surface area contributed by atoms with Crippen LogP contribution in [-0.2, 0) is 22.6 Å². The number of aromatic nitrogens is 3. The minimum absolute atomic E-state index is 0.0595. The summed E-state index contributed by atoms with van der Waals surface area (Å²) in [6.45, 7) is 10.3. The molecule has 0 bridgehead atoms. The second kappa shape index (κ2) is 16.7. The third kappa shape index (κ3) is 8.06. The minimum atomic E-state index is -0.981. The summed E-state index contributed by atoms with van der Waals surface area (Å²) in [6, 6.07) is 10.5. The van der Waals surface area contributed by atoms with Gasteiger partial charge in [0.1, 0.15) is 6.04 Å². The molecule has 1 unspecified atom stereocenters. The van der Waals surface area contributed by atoms with Gasteiger partial charge in [-0.15, -0.1) is 0 Å². The summed E-state index contributed by atoms with van der Waals surface area (Å²) in [5.74, 6) is -1.72. The molecule has 5 amide bonds. The standard InChI is InChI=1S/C44H51N11O6/c1-3-28-17-34-35(49-40(28)57)16-27(20-46-34)23-51-12-14-54(15-13-51)31-19-36(39(47-21-31)42(59)45-2)48-29-24-52(25-29)22-26-8-10-53(11-9-26)30-4-5-32-33(18-30)44(61)55(43(32)60)37-6-7-38(56)50-41(37)58/h4-5,16-21,26,29,37,48H,3,6-15,22-25H2,1-2H3,(H,45,59)(H,49,57)(H,50,56,58). The van der Waals surface area contributed by atoms with Gasteiger partial charge in [-0.2, -0.15) is 0 Å². The average molecular weight is 830 g/mol. The average Bonchev–Trinajstić information content (AvgIpc) is 3.50. The number of imide groups is 2. The minimum Gasteiger partial charge on any atom is -0.378 e. The van der Waals surface area contributed by atoms with Crippen molar-refractivity contribution in [3.63, 3.8) is 0 Å². The number of H-pyrrole nitrogens is 1. The van der Waals surface area contributed by atoms with Gasteiger partial charge in [-0.25, -0.2) is 4.98 Å².